The van der Waals surface area contributed by atoms with Crippen LogP contribution in [0, 0.1) is 0 Å². The first kappa shape index (κ1) is 18.9. The van der Waals surface area contributed by atoms with E-state index in [2.05, 4.69) is 5.32 Å². The van der Waals surface area contributed by atoms with E-state index in [1.807, 2.05) is 30.3 Å². The fourth-order valence-corrected chi connectivity index (χ4v) is 2.61. The summed E-state index contributed by atoms with van der Waals surface area (Å²) in [5, 5.41) is 2.98. The van der Waals surface area contributed by atoms with Gasteiger partial charge in [-0.05, 0) is 24.8 Å². The van der Waals surface area contributed by atoms with Gasteiger partial charge >= 0.3 is 0 Å². The summed E-state index contributed by atoms with van der Waals surface area (Å²) in [5.74, 6) is -0.169. The van der Waals surface area contributed by atoms with Gasteiger partial charge in [0.15, 0.2) is 0 Å². The molecule has 0 radical (unpaired) electrons. The van der Waals surface area contributed by atoms with Crippen molar-refractivity contribution in [3.05, 3.63) is 35.9 Å². The SMILES string of the molecule is COCC(N)C(=O)NC1CCCC1OCc1ccccc1.Cl. The third kappa shape index (κ3) is 5.57. The third-order valence-electron chi connectivity index (χ3n) is 3.77. The third-order valence-corrected chi connectivity index (χ3v) is 3.77. The van der Waals surface area contributed by atoms with Crippen LogP contribution in [0.3, 0.4) is 0 Å². The quantitative estimate of drug-likeness (QED) is 0.798. The highest BCUT2D eigenvalue weighted by Crippen LogP contribution is 2.23. The second kappa shape index (κ2) is 9.79. The van der Waals surface area contributed by atoms with Gasteiger partial charge in [0.25, 0.3) is 0 Å². The van der Waals surface area contributed by atoms with Crippen molar-refractivity contribution in [2.75, 3.05) is 13.7 Å². The van der Waals surface area contributed by atoms with E-state index in [1.54, 1.807) is 0 Å². The van der Waals surface area contributed by atoms with Crippen molar-refractivity contribution in [1.82, 2.24) is 5.32 Å². The van der Waals surface area contributed by atoms with Gasteiger partial charge in [-0.15, -0.1) is 12.4 Å². The molecule has 1 aliphatic rings. The number of amides is 1. The minimum atomic E-state index is -0.620. The van der Waals surface area contributed by atoms with Gasteiger partial charge < -0.3 is 20.5 Å². The van der Waals surface area contributed by atoms with Crippen LogP contribution in [0.5, 0.6) is 0 Å². The minimum Gasteiger partial charge on any atom is -0.383 e. The van der Waals surface area contributed by atoms with E-state index in [1.165, 1.54) is 7.11 Å². The molecule has 1 amide bonds. The average molecular weight is 329 g/mol. The Kier molecular flexibility index (Phi) is 8.42. The number of carbonyl (C=O) groups excluding carboxylic acids is 1. The molecule has 0 heterocycles. The summed E-state index contributed by atoms with van der Waals surface area (Å²) in [6, 6.07) is 9.48. The molecular weight excluding hydrogens is 304 g/mol. The Labute approximate surface area is 138 Å². The maximum absolute atomic E-state index is 11.9. The van der Waals surface area contributed by atoms with E-state index in [4.69, 9.17) is 15.2 Å². The highest BCUT2D eigenvalue weighted by atomic mass is 35.5. The van der Waals surface area contributed by atoms with Crippen LogP contribution in [-0.2, 0) is 20.9 Å². The molecular formula is C16H25ClN2O3. The van der Waals surface area contributed by atoms with Crippen LogP contribution >= 0.6 is 12.4 Å². The Morgan fingerprint density at radius 1 is 1.36 bits per heavy atom. The molecule has 0 bridgehead atoms. The largest absolute Gasteiger partial charge is 0.383 e. The van der Waals surface area contributed by atoms with Gasteiger partial charge in [0.05, 0.1) is 25.4 Å². The molecule has 2 rings (SSSR count). The topological polar surface area (TPSA) is 73.6 Å². The zero-order valence-electron chi connectivity index (χ0n) is 12.9. The minimum absolute atomic E-state index is 0. The zero-order chi connectivity index (χ0) is 15.1. The van der Waals surface area contributed by atoms with Crippen LogP contribution in [0.2, 0.25) is 0 Å². The van der Waals surface area contributed by atoms with E-state index in [0.29, 0.717) is 6.61 Å². The van der Waals surface area contributed by atoms with Gasteiger partial charge in [0.1, 0.15) is 6.04 Å². The molecule has 0 aromatic heterocycles. The molecule has 22 heavy (non-hydrogen) atoms. The maximum atomic E-state index is 11.9. The number of nitrogens with one attached hydrogen (secondary N) is 1. The van der Waals surface area contributed by atoms with Crippen LogP contribution < -0.4 is 11.1 Å². The van der Waals surface area contributed by atoms with Crippen molar-refractivity contribution in [2.24, 2.45) is 5.73 Å². The van der Waals surface area contributed by atoms with Crippen LogP contribution in [-0.4, -0.2) is 37.8 Å². The fraction of sp³-hybridized carbons (Fsp3) is 0.562. The lowest BCUT2D eigenvalue weighted by Gasteiger charge is -2.23. The standard InChI is InChI=1S/C16H24N2O3.ClH/c1-20-11-13(17)16(19)18-14-8-5-9-15(14)21-10-12-6-3-2-4-7-12;/h2-4,6-7,13-15H,5,8-11,17H2,1H3,(H,18,19);1H. The molecule has 1 fully saturated rings. The van der Waals surface area contributed by atoms with Crippen molar-refractivity contribution in [2.45, 2.75) is 44.1 Å². The Balaban J connectivity index is 0.00000242. The Hall–Kier alpha value is -1.14. The molecule has 3 N–H and O–H groups in total. The van der Waals surface area contributed by atoms with Gasteiger partial charge in [-0.25, -0.2) is 0 Å². The van der Waals surface area contributed by atoms with Crippen molar-refractivity contribution in [3.8, 4) is 0 Å². The Bertz CT molecular complexity index is 444. The molecule has 5 nitrogen and oxygen atoms in total. The summed E-state index contributed by atoms with van der Waals surface area (Å²) >= 11 is 0. The predicted octanol–water partition coefficient (Wildman–Crippen LogP) is 1.64. The number of methoxy groups -OCH3 is 1. The highest BCUT2D eigenvalue weighted by molar-refractivity contribution is 5.85. The van der Waals surface area contributed by atoms with E-state index in [-0.39, 0.29) is 37.1 Å². The van der Waals surface area contributed by atoms with E-state index >= 15 is 0 Å². The zero-order valence-corrected chi connectivity index (χ0v) is 13.7. The lowest BCUT2D eigenvalue weighted by atomic mass is 10.2. The second-order valence-corrected chi connectivity index (χ2v) is 5.44. The first-order valence-corrected chi connectivity index (χ1v) is 7.41. The molecule has 1 aromatic carbocycles. The number of nitrogens with two attached hydrogens (primary N) is 1. The van der Waals surface area contributed by atoms with Gasteiger partial charge in [0.2, 0.25) is 5.91 Å². The van der Waals surface area contributed by atoms with Gasteiger partial charge in [0, 0.05) is 7.11 Å². The lowest BCUT2D eigenvalue weighted by molar-refractivity contribution is -0.125. The number of ether oxygens (including phenoxy) is 2. The van der Waals surface area contributed by atoms with Gasteiger partial charge in [-0.1, -0.05) is 30.3 Å². The summed E-state index contributed by atoms with van der Waals surface area (Å²) in [5.41, 5.74) is 6.88. The number of halogens is 1. The highest BCUT2D eigenvalue weighted by Gasteiger charge is 2.30. The summed E-state index contributed by atoms with van der Waals surface area (Å²) in [7, 11) is 1.54. The Morgan fingerprint density at radius 2 is 2.09 bits per heavy atom. The molecule has 0 saturated heterocycles. The first-order valence-electron chi connectivity index (χ1n) is 7.41. The molecule has 0 aliphatic heterocycles. The molecule has 0 spiro atoms. The average Bonchev–Trinajstić information content (AvgIpc) is 2.93. The smallest absolute Gasteiger partial charge is 0.239 e. The lowest BCUT2D eigenvalue weighted by Crippen LogP contribution is -2.50. The Morgan fingerprint density at radius 3 is 2.77 bits per heavy atom. The van der Waals surface area contributed by atoms with E-state index in [0.717, 1.165) is 24.8 Å². The summed E-state index contributed by atoms with van der Waals surface area (Å²) in [6.45, 7) is 0.802. The molecule has 124 valence electrons. The van der Waals surface area contributed by atoms with Crippen LogP contribution in [0.1, 0.15) is 24.8 Å². The van der Waals surface area contributed by atoms with E-state index in [9.17, 15) is 4.79 Å². The fourth-order valence-electron chi connectivity index (χ4n) is 2.61. The maximum Gasteiger partial charge on any atom is 0.239 e. The predicted molar refractivity (Wildman–Crippen MR) is 87.9 cm³/mol. The van der Waals surface area contributed by atoms with Crippen LogP contribution in [0.15, 0.2) is 30.3 Å². The molecule has 1 aliphatic carbocycles. The van der Waals surface area contributed by atoms with E-state index < -0.39 is 6.04 Å². The number of rotatable bonds is 7. The number of carbonyl (C=O) groups is 1. The van der Waals surface area contributed by atoms with Crippen molar-refractivity contribution in [3.63, 3.8) is 0 Å². The number of benzene rings is 1. The summed E-state index contributed by atoms with van der Waals surface area (Å²) in [4.78, 5) is 11.9. The number of hydrogen-bond acceptors (Lipinski definition) is 4. The molecule has 1 saturated carbocycles. The monoisotopic (exact) mass is 328 g/mol. The normalized spacial score (nSPS) is 21.9. The van der Waals surface area contributed by atoms with Gasteiger partial charge in [-0.3, -0.25) is 4.79 Å². The summed E-state index contributed by atoms with van der Waals surface area (Å²) < 4.78 is 10.9. The second-order valence-electron chi connectivity index (χ2n) is 5.44. The van der Waals surface area contributed by atoms with Crippen molar-refractivity contribution >= 4 is 18.3 Å². The van der Waals surface area contributed by atoms with Crippen LogP contribution in [0.4, 0.5) is 0 Å². The summed E-state index contributed by atoms with van der Waals surface area (Å²) in [6.07, 6.45) is 3.02. The number of hydrogen-bond donors (Lipinski definition) is 2. The van der Waals surface area contributed by atoms with Crippen molar-refractivity contribution in [1.29, 1.82) is 0 Å². The van der Waals surface area contributed by atoms with Gasteiger partial charge in [-0.2, -0.15) is 0 Å². The molecule has 6 heteroatoms. The van der Waals surface area contributed by atoms with Crippen molar-refractivity contribution < 1.29 is 14.3 Å². The molecule has 3 atom stereocenters. The van der Waals surface area contributed by atoms with Crippen LogP contribution in [0.25, 0.3) is 0 Å². The first-order chi connectivity index (χ1) is 10.2. The molecule has 1 aromatic rings. The molecule has 3 unspecified atom stereocenters.